The Hall–Kier alpha value is -7.60. The van der Waals surface area contributed by atoms with Crippen molar-refractivity contribution >= 4 is 69.4 Å². The lowest BCUT2D eigenvalue weighted by atomic mass is 9.89. The van der Waals surface area contributed by atoms with Gasteiger partial charge in [-0.2, -0.15) is 5.48 Å². The van der Waals surface area contributed by atoms with Gasteiger partial charge in [0, 0.05) is 63.3 Å². The van der Waals surface area contributed by atoms with Crippen molar-refractivity contribution in [2.45, 2.75) is 77.8 Å². The summed E-state index contributed by atoms with van der Waals surface area (Å²) in [7, 11) is 4.08. The van der Waals surface area contributed by atoms with Crippen molar-refractivity contribution in [2.24, 2.45) is 0 Å². The van der Waals surface area contributed by atoms with Gasteiger partial charge in [-0.05, 0) is 67.4 Å². The van der Waals surface area contributed by atoms with Crippen molar-refractivity contribution in [3.8, 4) is 11.5 Å². The molecular formula is C51H60N4O19. The molecule has 0 spiro atoms. The Kier molecular flexibility index (Phi) is 19.1. The average molecular weight is 1030 g/mol. The normalized spacial score (nSPS) is 17.3. The molecule has 1 fully saturated rings. The molecule has 0 saturated carbocycles. The van der Waals surface area contributed by atoms with Gasteiger partial charge in [-0.1, -0.05) is 30.3 Å². The van der Waals surface area contributed by atoms with Gasteiger partial charge in [0.05, 0.1) is 58.4 Å². The van der Waals surface area contributed by atoms with E-state index in [1.54, 1.807) is 39.0 Å². The van der Waals surface area contributed by atoms with Crippen LogP contribution in [0.5, 0.6) is 11.5 Å². The lowest BCUT2D eigenvalue weighted by Gasteiger charge is -2.39. The van der Waals surface area contributed by atoms with Gasteiger partial charge in [0.25, 0.3) is 17.7 Å². The van der Waals surface area contributed by atoms with E-state index in [-0.39, 0.29) is 77.0 Å². The van der Waals surface area contributed by atoms with E-state index in [1.807, 2.05) is 24.3 Å². The van der Waals surface area contributed by atoms with E-state index in [1.165, 1.54) is 37.3 Å². The number of ether oxygens (including phenoxy) is 10. The molecule has 0 unspecified atom stereocenters. The summed E-state index contributed by atoms with van der Waals surface area (Å²) in [6.07, 6.45) is -7.39. The van der Waals surface area contributed by atoms with E-state index in [9.17, 15) is 38.4 Å². The first kappa shape index (κ1) is 55.7. The predicted octanol–water partition coefficient (Wildman–Crippen LogP) is 4.62. The van der Waals surface area contributed by atoms with E-state index in [2.05, 4.69) is 10.8 Å². The number of benzene rings is 4. The fourth-order valence-corrected chi connectivity index (χ4v) is 7.98. The summed E-state index contributed by atoms with van der Waals surface area (Å²) in [6.45, 7) is 7.28. The third-order valence-electron chi connectivity index (χ3n) is 11.3. The fourth-order valence-electron chi connectivity index (χ4n) is 7.98. The first-order chi connectivity index (χ1) is 35.3. The Morgan fingerprint density at radius 2 is 1.53 bits per heavy atom. The number of nitrogens with zero attached hydrogens (tertiary/aromatic N) is 2. The molecule has 6 rings (SSSR count). The summed E-state index contributed by atoms with van der Waals surface area (Å²) < 4.78 is 55.1. The second-order valence-corrected chi connectivity index (χ2v) is 17.8. The second kappa shape index (κ2) is 25.4. The molecule has 0 aliphatic carbocycles. The molecule has 2 N–H and O–H groups in total. The third kappa shape index (κ3) is 14.3. The molecule has 2 aliphatic heterocycles. The van der Waals surface area contributed by atoms with Gasteiger partial charge in [0.1, 0.15) is 29.8 Å². The molecule has 23 nitrogen and oxygen atoms in total. The smallest absolute Gasteiger partial charge is 0.431 e. The van der Waals surface area contributed by atoms with Crippen LogP contribution in [0.1, 0.15) is 77.7 Å². The lowest BCUT2D eigenvalue weighted by Crippen LogP contribution is -2.56. The van der Waals surface area contributed by atoms with Crippen LogP contribution in [0.15, 0.2) is 60.7 Å². The molecule has 0 radical (unpaired) electrons. The van der Waals surface area contributed by atoms with Crippen LogP contribution in [0.2, 0.25) is 0 Å². The number of carbonyl (C=O) groups excluding carboxylic acids is 8. The molecule has 4 atom stereocenters. The third-order valence-corrected chi connectivity index (χ3v) is 11.3. The van der Waals surface area contributed by atoms with Crippen LogP contribution in [0.4, 0.5) is 9.59 Å². The molecule has 74 heavy (non-hydrogen) atoms. The molecule has 0 aromatic heterocycles. The summed E-state index contributed by atoms with van der Waals surface area (Å²) >= 11 is 0. The first-order valence-corrected chi connectivity index (χ1v) is 23.5. The Bertz CT molecular complexity index is 2740. The van der Waals surface area contributed by atoms with Crippen LogP contribution in [0.25, 0.3) is 21.5 Å². The van der Waals surface area contributed by atoms with Crippen LogP contribution in [0.3, 0.4) is 0 Å². The van der Waals surface area contributed by atoms with Crippen molar-refractivity contribution in [3.05, 3.63) is 82.9 Å². The largest absolute Gasteiger partial charge is 0.496 e. The Morgan fingerprint density at radius 1 is 0.824 bits per heavy atom. The van der Waals surface area contributed by atoms with Crippen LogP contribution in [-0.4, -0.2) is 162 Å². The molecular weight excluding hydrogens is 973 g/mol. The lowest BCUT2D eigenvalue weighted by molar-refractivity contribution is -0.251. The minimum atomic E-state index is -1.62. The van der Waals surface area contributed by atoms with Gasteiger partial charge >= 0.3 is 30.1 Å². The molecule has 1 saturated heterocycles. The van der Waals surface area contributed by atoms with E-state index < -0.39 is 78.0 Å². The number of rotatable bonds is 22. The van der Waals surface area contributed by atoms with Gasteiger partial charge < -0.3 is 57.6 Å². The number of hydrogen-bond donors (Lipinski definition) is 2. The molecule has 4 aromatic rings. The van der Waals surface area contributed by atoms with Crippen LogP contribution in [0, 0.1) is 0 Å². The summed E-state index contributed by atoms with van der Waals surface area (Å²) in [5.41, 5.74) is 2.32. The molecule has 5 amide bonds. The summed E-state index contributed by atoms with van der Waals surface area (Å²) in [4.78, 5) is 111. The van der Waals surface area contributed by atoms with Crippen molar-refractivity contribution in [1.82, 2.24) is 20.6 Å². The standard InChI is InChI=1S/C51H60N4O19/c1-29(56)70-39-27-40(47(61)65-8)73-48(43(39)71-30(2)57)72-38-15-13-31(25-36(38)44(58)52-17-20-66-21-22-67-23-24-69-53-49(62)74-51(3,4)5)28-68-50(63)54(6)18-19-55-45(59)34-14-16-37(64-7)35-26-32-11-9-10-12-33(32)42(41(34)35)46(55)60/h9-16,25-26,39-40,43,48H,17-24,27-28H2,1-8H3,(H,52,58)(H,53,62)/t39-,40-,43+,48+/m0/s1. The van der Waals surface area contributed by atoms with Crippen LogP contribution < -0.4 is 20.3 Å². The number of likely N-dealkylation sites (N-methyl/N-ethyl adjacent to an activating group) is 1. The van der Waals surface area contributed by atoms with Crippen LogP contribution in [-0.2, 0) is 63.7 Å². The van der Waals surface area contributed by atoms with Crippen molar-refractivity contribution in [2.75, 3.05) is 73.9 Å². The van der Waals surface area contributed by atoms with Gasteiger partial charge in [0.2, 0.25) is 12.4 Å². The van der Waals surface area contributed by atoms with Gasteiger partial charge in [-0.25, -0.2) is 14.4 Å². The Labute approximate surface area is 425 Å². The molecule has 4 aromatic carbocycles. The highest BCUT2D eigenvalue weighted by molar-refractivity contribution is 6.31. The number of esters is 3. The Balaban J connectivity index is 1.11. The summed E-state index contributed by atoms with van der Waals surface area (Å²) in [6, 6.07) is 16.7. The van der Waals surface area contributed by atoms with E-state index in [4.69, 9.17) is 52.2 Å². The maximum atomic E-state index is 14.1. The minimum Gasteiger partial charge on any atom is -0.496 e. The van der Waals surface area contributed by atoms with E-state index >= 15 is 0 Å². The van der Waals surface area contributed by atoms with Crippen molar-refractivity contribution in [3.63, 3.8) is 0 Å². The monoisotopic (exact) mass is 1030 g/mol. The van der Waals surface area contributed by atoms with E-state index in [0.717, 1.165) is 31.2 Å². The maximum Gasteiger partial charge on any atom is 0.431 e. The van der Waals surface area contributed by atoms with E-state index in [0.29, 0.717) is 38.6 Å². The topological polar surface area (TPSA) is 269 Å². The van der Waals surface area contributed by atoms with Crippen LogP contribution >= 0.6 is 0 Å². The zero-order valence-electron chi connectivity index (χ0n) is 42.3. The number of methoxy groups -OCH3 is 2. The van der Waals surface area contributed by atoms with Gasteiger partial charge in [0.15, 0.2) is 6.10 Å². The first-order valence-electron chi connectivity index (χ1n) is 23.5. The molecule has 23 heteroatoms. The predicted molar refractivity (Wildman–Crippen MR) is 259 cm³/mol. The number of carbonyl (C=O) groups is 8. The average Bonchev–Trinajstić information content (AvgIpc) is 3.35. The van der Waals surface area contributed by atoms with Crippen molar-refractivity contribution < 1.29 is 90.6 Å². The minimum absolute atomic E-state index is 0.00663. The highest BCUT2D eigenvalue weighted by atomic mass is 16.7. The molecule has 2 heterocycles. The zero-order valence-corrected chi connectivity index (χ0v) is 42.3. The number of nitrogens with one attached hydrogen (secondary N) is 2. The SMILES string of the molecule is COC(=O)[C@@H]1C[C@H](OC(C)=O)[C@@H](OC(C)=O)[C@H](Oc2ccc(COC(=O)N(C)CCN3C(=O)c4ccc(OC)c5cc6ccccc6c(c45)C3=O)cc2C(=O)NCCOCCOCCONC(=O)OC(C)(C)C)O1. The van der Waals surface area contributed by atoms with Crippen molar-refractivity contribution in [1.29, 1.82) is 0 Å². The van der Waals surface area contributed by atoms with Gasteiger partial charge in [-0.15, -0.1) is 0 Å². The number of hydroxylamine groups is 1. The zero-order chi connectivity index (χ0) is 53.7. The molecule has 398 valence electrons. The fraction of sp³-hybridized carbons (Fsp3) is 0.451. The number of imide groups is 1. The summed E-state index contributed by atoms with van der Waals surface area (Å²) in [5, 5.41) is 5.28. The Morgan fingerprint density at radius 3 is 2.23 bits per heavy atom. The number of hydrogen-bond acceptors (Lipinski definition) is 19. The second-order valence-electron chi connectivity index (χ2n) is 17.8. The number of amides is 5. The molecule has 0 bridgehead atoms. The quantitative estimate of drug-likeness (QED) is 0.0272. The van der Waals surface area contributed by atoms with Gasteiger partial charge in [-0.3, -0.25) is 33.7 Å². The number of fused-ring (bicyclic) bond motifs is 2. The summed E-state index contributed by atoms with van der Waals surface area (Å²) in [5.74, 6) is -3.75. The maximum absolute atomic E-state index is 14.1. The highest BCUT2D eigenvalue weighted by Gasteiger charge is 2.47. The highest BCUT2D eigenvalue weighted by Crippen LogP contribution is 2.40. The molecule has 2 aliphatic rings.